The van der Waals surface area contributed by atoms with Gasteiger partial charge in [-0.2, -0.15) is 0 Å². The third-order valence-corrected chi connectivity index (χ3v) is 19.4. The number of nitrogens with two attached hydrogens (primary N) is 1. The molecule has 0 saturated carbocycles. The fourth-order valence-electron chi connectivity index (χ4n) is 12.9. The SMILES string of the molecule is COC(=O)C[C@H](NC(=O)CNC(=O)CCCN(C(=O)OC(C)(C)C)c1cc(C)ccn1)c1ccc(-c2cccc3ccccc23)cc1.Cc1ccnc(N(CCCC(=O)NCC(=O)N[C@@H](CC(=O)CCCOCCOCCOCCOCCOCCN=[N+]=[N-])c2ccc(-c3cccc4ccccc34)cc2)C(=O)OC(C)(C)C)c1.[3H][B][3H].[N-]=[N+]=NCCOCCOCCOCCOCCOCCN.[U]. The Morgan fingerprint density at radius 1 is 0.449 bits per heavy atom. The van der Waals surface area contributed by atoms with Crippen LogP contribution in [0.1, 0.15) is 127 Å². The van der Waals surface area contributed by atoms with Crippen molar-refractivity contribution in [1.82, 2.24) is 31.2 Å². The number of azide groups is 2. The molecular weight excluding hydrogens is 1970 g/mol. The number of esters is 1. The van der Waals surface area contributed by atoms with Crippen LogP contribution >= 0.6 is 0 Å². The number of hydrogen-bond acceptors (Lipinski definition) is 26. The molecule has 0 spiro atoms. The number of nitrogens with zero attached hydrogens (tertiary/aromatic N) is 10. The molecule has 6 aromatic carbocycles. The van der Waals surface area contributed by atoms with Crippen LogP contribution in [0.4, 0.5) is 21.2 Å². The molecule has 2 heterocycles. The van der Waals surface area contributed by atoms with Crippen molar-refractivity contribution in [2.75, 3.05) is 195 Å². The van der Waals surface area contributed by atoms with Gasteiger partial charge in [-0.15, -0.1) is 0 Å². The standard InChI is InChI=1S/C49H65N7O10.C37H42N4O6.C12H26N4O5.BH2.U/c1-37-20-21-51-45(34-37)56(48(60)66-49(2,3)4)23-8-15-46(58)52-36-47(59)54-44(40-18-16-39(17-19-40)43-14-7-11-38-10-5-6-13-42(38)43)35-41(57)12-9-24-61-26-28-63-30-32-65-33-31-64-29-27-62-25-22-53-55-50;1-25-19-20-38-32(22-25)41(36(45)47-37(2,3)4)21-9-14-33(42)39-24-34(43)40-31(23-35(44)46-5)28-17-15-27(16-18-28)30-13-8-11-26-10-6-7-12-29(26)30;13-1-3-17-5-7-19-9-11-21-12-10-20-8-6-18-4-2-15-16-14;;/h5-7,10-11,13-14,16-21,34,44H,8-9,12,15,22-33,35-36H2,1-4H3,(H,52,58)(H,54,59);6-8,10-13,15-20,22,31H,9,14,21,23-24H2,1-5H3,(H,39,42)(H,40,43);1-13H2;1H2;/t44-;31-;;;/m00.../s1/i;;;1T2;. The van der Waals surface area contributed by atoms with Crippen molar-refractivity contribution in [2.45, 2.75) is 130 Å². The van der Waals surface area contributed by atoms with Gasteiger partial charge in [0, 0.05) is 118 Å². The van der Waals surface area contributed by atoms with Crippen LogP contribution in [0.15, 0.2) is 180 Å². The topological polar surface area (TPSA) is 460 Å². The van der Waals surface area contributed by atoms with Gasteiger partial charge in [0.05, 0.1) is 173 Å². The molecule has 6 N–H and O–H groups in total. The predicted octanol–water partition coefficient (Wildman–Crippen LogP) is 13.5. The number of aryl methyl sites for hydroxylation is 2. The maximum Gasteiger partial charge on any atom is 0.416 e. The number of aromatic nitrogens is 2. The number of ether oxygens (including phenoxy) is 13. The van der Waals surface area contributed by atoms with Gasteiger partial charge in [-0.3, -0.25) is 38.6 Å². The molecular formula is C98H135BN15O21U. The minimum absolute atomic E-state index is 0. The molecule has 0 aliphatic carbocycles. The van der Waals surface area contributed by atoms with Crippen molar-refractivity contribution in [3.8, 4) is 22.3 Å². The number of amides is 6. The van der Waals surface area contributed by atoms with Gasteiger partial charge in [0.25, 0.3) is 0 Å². The van der Waals surface area contributed by atoms with Gasteiger partial charge in [-0.1, -0.05) is 144 Å². The van der Waals surface area contributed by atoms with Gasteiger partial charge >= 0.3 is 18.2 Å². The Morgan fingerprint density at radius 2 is 0.794 bits per heavy atom. The Hall–Kier alpha value is -11.0. The van der Waals surface area contributed by atoms with E-state index in [4.69, 9.17) is 81.0 Å². The van der Waals surface area contributed by atoms with E-state index < -0.39 is 53.3 Å². The van der Waals surface area contributed by atoms with Gasteiger partial charge in [0.1, 0.15) is 28.6 Å². The molecule has 38 heteroatoms. The number of fused-ring (bicyclic) bond motifs is 2. The molecule has 0 fully saturated rings. The molecule has 8 rings (SSSR count). The predicted molar refractivity (Wildman–Crippen MR) is 519 cm³/mol. The molecule has 6 amide bonds. The molecule has 136 heavy (non-hydrogen) atoms. The van der Waals surface area contributed by atoms with Crippen LogP contribution in [-0.2, 0) is 90.3 Å². The second kappa shape index (κ2) is 68.9. The van der Waals surface area contributed by atoms with Crippen molar-refractivity contribution in [1.29, 1.82) is 2.67 Å². The molecule has 0 unspecified atom stereocenters. The summed E-state index contributed by atoms with van der Waals surface area (Å²) in [6.07, 6.45) is 3.58. The first-order valence-corrected chi connectivity index (χ1v) is 45.0. The van der Waals surface area contributed by atoms with Crippen molar-refractivity contribution in [3.05, 3.63) is 213 Å². The van der Waals surface area contributed by atoms with E-state index in [0.29, 0.717) is 191 Å². The molecule has 8 aromatic rings. The Labute approximate surface area is 825 Å². The Bertz CT molecular complexity index is 4970. The first-order chi connectivity index (χ1) is 66.2. The van der Waals surface area contributed by atoms with Gasteiger partial charge in [-0.25, -0.2) is 19.6 Å². The fourth-order valence-corrected chi connectivity index (χ4v) is 12.9. The van der Waals surface area contributed by atoms with Gasteiger partial charge in [0.2, 0.25) is 23.6 Å². The Kier molecular flexibility index (Phi) is 57.6. The number of carbonyl (C=O) groups is 8. The quantitative estimate of drug-likeness (QED) is 0.00449. The third-order valence-electron chi connectivity index (χ3n) is 19.4. The van der Waals surface area contributed by atoms with Crippen LogP contribution in [0.2, 0.25) is 0 Å². The van der Waals surface area contributed by atoms with Crippen molar-refractivity contribution >= 4 is 89.1 Å². The van der Waals surface area contributed by atoms with Crippen molar-refractivity contribution in [2.24, 2.45) is 16.0 Å². The maximum atomic E-state index is 13.3. The number of Topliss-reactive ketones (excluding diaryl/α,β-unsaturated/α-hetero) is 1. The average Bonchev–Trinajstić information content (AvgIpc) is 0.803. The first-order valence-electron chi connectivity index (χ1n) is 46.2. The van der Waals surface area contributed by atoms with Crippen LogP contribution in [0.3, 0.4) is 0 Å². The van der Waals surface area contributed by atoms with E-state index in [-0.39, 0.29) is 107 Å². The number of benzene rings is 6. The van der Waals surface area contributed by atoms with Crippen molar-refractivity contribution in [3.63, 3.8) is 0 Å². The minimum Gasteiger partial charge on any atom is -0.469 e. The van der Waals surface area contributed by atoms with Gasteiger partial charge < -0.3 is 88.6 Å². The summed E-state index contributed by atoms with van der Waals surface area (Å²) in [5.41, 5.74) is 27.6. The summed E-state index contributed by atoms with van der Waals surface area (Å²) >= 11 is 0. The van der Waals surface area contributed by atoms with Crippen molar-refractivity contribution < 1.29 is 131 Å². The first kappa shape index (κ1) is 114. The smallest absolute Gasteiger partial charge is 0.416 e. The van der Waals surface area contributed by atoms with Crippen LogP contribution in [0.25, 0.3) is 64.7 Å². The zero-order chi connectivity index (χ0) is 99.5. The van der Waals surface area contributed by atoms with E-state index in [1.54, 1.807) is 66.1 Å². The monoisotopic (exact) mass is 2110 g/mol. The second-order valence-corrected chi connectivity index (χ2v) is 32.4. The van der Waals surface area contributed by atoms with E-state index in [2.05, 4.69) is 99.8 Å². The summed E-state index contributed by atoms with van der Waals surface area (Å²) < 4.78 is 81.1. The number of ketones is 1. The van der Waals surface area contributed by atoms with E-state index in [0.717, 1.165) is 66.1 Å². The number of rotatable bonds is 60. The second-order valence-electron chi connectivity index (χ2n) is 32.4. The summed E-state index contributed by atoms with van der Waals surface area (Å²) in [4.78, 5) is 120. The van der Waals surface area contributed by atoms with Crippen LogP contribution in [0.5, 0.6) is 0 Å². The number of hydrogen-bond donors (Lipinski definition) is 5. The van der Waals surface area contributed by atoms with E-state index in [1.165, 1.54) is 16.9 Å². The fraction of sp³-hybridized carbons (Fsp3) is 0.490. The number of nitrogens with one attached hydrogen (secondary N) is 4. The number of methoxy groups -OCH3 is 1. The number of anilines is 2. The molecule has 0 saturated heterocycles. The third kappa shape index (κ3) is 49.7. The van der Waals surface area contributed by atoms with E-state index in [1.807, 2.05) is 111 Å². The summed E-state index contributed by atoms with van der Waals surface area (Å²) in [6, 6.07) is 50.0. The molecule has 735 valence electrons. The average molecular weight is 2110 g/mol. The Balaban J connectivity index is 0.000000478. The molecule has 36 nitrogen and oxygen atoms in total. The summed E-state index contributed by atoms with van der Waals surface area (Å²) in [6.45, 7) is 24.6. The van der Waals surface area contributed by atoms with Crippen LogP contribution in [0, 0.1) is 45.0 Å². The molecule has 0 bridgehead atoms. The summed E-state index contributed by atoms with van der Waals surface area (Å²) in [7, 11) is 1.80. The van der Waals surface area contributed by atoms with Gasteiger partial charge in [-0.05, 0) is 179 Å². The van der Waals surface area contributed by atoms with Crippen LogP contribution in [-0.4, -0.2) is 265 Å². The Morgan fingerprint density at radius 3 is 1.15 bits per heavy atom. The maximum absolute atomic E-state index is 13.3. The van der Waals surface area contributed by atoms with E-state index in [9.17, 15) is 38.4 Å². The number of pyridine rings is 2. The van der Waals surface area contributed by atoms with E-state index >= 15 is 0 Å². The summed E-state index contributed by atoms with van der Waals surface area (Å²) in [5, 5.41) is 22.4. The summed E-state index contributed by atoms with van der Waals surface area (Å²) in [5.74, 6) is -1.28. The largest absolute Gasteiger partial charge is 0.469 e. The molecule has 2 aromatic heterocycles. The zero-order valence-corrected chi connectivity index (χ0v) is 83.9. The molecule has 1 radical (unpaired) electrons. The van der Waals surface area contributed by atoms with Crippen LogP contribution < -0.4 is 36.8 Å². The minimum atomic E-state index is -0.721. The molecule has 0 aliphatic heterocycles. The molecule has 2 atom stereocenters. The number of carbonyl (C=O) groups excluding carboxylic acids is 8. The van der Waals surface area contributed by atoms with Gasteiger partial charge in [0.15, 0.2) is 0 Å². The zero-order valence-electron chi connectivity index (χ0n) is 81.8. The normalized spacial score (nSPS) is 11.5. The molecule has 0 aliphatic rings.